The molecule has 1 aromatic carbocycles. The summed E-state index contributed by atoms with van der Waals surface area (Å²) >= 11 is 0. The summed E-state index contributed by atoms with van der Waals surface area (Å²) < 4.78 is 0. The fourth-order valence-electron chi connectivity index (χ4n) is 1.83. The maximum Gasteiger partial charge on any atom is 0.321 e. The van der Waals surface area contributed by atoms with E-state index in [1.165, 1.54) is 0 Å². The average Bonchev–Trinajstić information content (AvgIpc) is 2.19. The number of likely N-dealkylation sites (N-methyl/N-ethyl adjacent to an activating group) is 1. The second-order valence-corrected chi connectivity index (χ2v) is 4.15. The predicted molar refractivity (Wildman–Crippen MR) is 67.2 cm³/mol. The van der Waals surface area contributed by atoms with Crippen molar-refractivity contribution in [2.75, 3.05) is 7.05 Å². The molecule has 0 bridgehead atoms. The maximum absolute atomic E-state index is 11.1. The molecule has 0 aromatic heterocycles. The molecule has 2 N–H and O–H groups in total. The molecule has 0 amide bonds. The molecule has 4 heteroatoms. The Labute approximate surface area is 102 Å². The summed E-state index contributed by atoms with van der Waals surface area (Å²) in [5.41, 5.74) is 0.591. The van der Waals surface area contributed by atoms with E-state index in [-0.39, 0.29) is 12.4 Å². The number of aliphatic carboxylic acids is 1. The van der Waals surface area contributed by atoms with Crippen molar-refractivity contribution < 1.29 is 9.90 Å². The molecule has 1 aromatic rings. The van der Waals surface area contributed by atoms with Crippen molar-refractivity contribution in [1.29, 1.82) is 0 Å². The number of halogens is 1. The number of nitrogens with one attached hydrogen (secondary N) is 1. The van der Waals surface area contributed by atoms with Crippen LogP contribution in [0.1, 0.15) is 19.4 Å². The van der Waals surface area contributed by atoms with Crippen molar-refractivity contribution in [2.45, 2.75) is 25.3 Å². The summed E-state index contributed by atoms with van der Waals surface area (Å²) in [6.07, 6.45) is 0. The van der Waals surface area contributed by atoms with Crippen molar-refractivity contribution in [3.05, 3.63) is 35.9 Å². The largest absolute Gasteiger partial charge is 0.480 e. The van der Waals surface area contributed by atoms with Crippen molar-refractivity contribution in [3.63, 3.8) is 0 Å². The molecular formula is C12H18ClNO2. The van der Waals surface area contributed by atoms with Gasteiger partial charge in [0.25, 0.3) is 0 Å². The highest BCUT2D eigenvalue weighted by Crippen LogP contribution is 2.26. The van der Waals surface area contributed by atoms with Gasteiger partial charge in [-0.3, -0.25) is 4.79 Å². The molecule has 0 spiro atoms. The lowest BCUT2D eigenvalue weighted by atomic mass is 9.78. The minimum absolute atomic E-state index is 0. The van der Waals surface area contributed by atoms with Crippen LogP contribution in [-0.4, -0.2) is 24.2 Å². The van der Waals surface area contributed by atoms with Gasteiger partial charge in [-0.1, -0.05) is 44.2 Å². The van der Waals surface area contributed by atoms with E-state index >= 15 is 0 Å². The monoisotopic (exact) mass is 243 g/mol. The molecule has 1 atom stereocenters. The standard InChI is InChI=1S/C12H17NO2.ClH/c1-12(2,10(13-3)11(14)15)9-7-5-4-6-8-9;/h4-8,10,13H,1-3H3,(H,14,15);1H/t10-;/m1./s1. The highest BCUT2D eigenvalue weighted by atomic mass is 35.5. The van der Waals surface area contributed by atoms with E-state index in [9.17, 15) is 4.79 Å². The first-order valence-corrected chi connectivity index (χ1v) is 4.95. The summed E-state index contributed by atoms with van der Waals surface area (Å²) in [4.78, 5) is 11.1. The first-order valence-electron chi connectivity index (χ1n) is 4.95. The maximum atomic E-state index is 11.1. The van der Waals surface area contributed by atoms with Crippen molar-refractivity contribution >= 4 is 18.4 Å². The smallest absolute Gasteiger partial charge is 0.321 e. The number of carbonyl (C=O) groups is 1. The molecule has 90 valence electrons. The van der Waals surface area contributed by atoms with Gasteiger partial charge in [0.05, 0.1) is 0 Å². The third-order valence-corrected chi connectivity index (χ3v) is 2.78. The quantitative estimate of drug-likeness (QED) is 0.851. The number of hydrogen-bond donors (Lipinski definition) is 2. The zero-order chi connectivity index (χ0) is 11.5. The Bertz CT molecular complexity index is 338. The van der Waals surface area contributed by atoms with Crippen molar-refractivity contribution in [2.24, 2.45) is 0 Å². The Kier molecular flexibility index (Phi) is 5.48. The highest BCUT2D eigenvalue weighted by Gasteiger charge is 2.35. The van der Waals surface area contributed by atoms with E-state index in [0.29, 0.717) is 0 Å². The van der Waals surface area contributed by atoms with E-state index in [2.05, 4.69) is 5.32 Å². The van der Waals surface area contributed by atoms with Crippen LogP contribution in [0, 0.1) is 0 Å². The molecule has 3 nitrogen and oxygen atoms in total. The zero-order valence-electron chi connectivity index (χ0n) is 9.73. The lowest BCUT2D eigenvalue weighted by Gasteiger charge is -2.31. The summed E-state index contributed by atoms with van der Waals surface area (Å²) in [5.74, 6) is -0.827. The SMILES string of the molecule is CN[C@H](C(=O)O)C(C)(C)c1ccccc1.Cl. The number of benzene rings is 1. The normalized spacial score (nSPS) is 12.7. The van der Waals surface area contributed by atoms with Crippen LogP contribution in [0.25, 0.3) is 0 Å². The van der Waals surface area contributed by atoms with Gasteiger partial charge < -0.3 is 10.4 Å². The third-order valence-electron chi connectivity index (χ3n) is 2.78. The predicted octanol–water partition coefficient (Wildman–Crippen LogP) is 2.06. The van der Waals surface area contributed by atoms with Gasteiger partial charge >= 0.3 is 5.97 Å². The summed E-state index contributed by atoms with van der Waals surface area (Å²) in [6, 6.07) is 9.09. The highest BCUT2D eigenvalue weighted by molar-refractivity contribution is 5.85. The Morgan fingerprint density at radius 1 is 1.31 bits per heavy atom. The van der Waals surface area contributed by atoms with Gasteiger partial charge in [-0.05, 0) is 12.6 Å². The van der Waals surface area contributed by atoms with E-state index < -0.39 is 17.4 Å². The van der Waals surface area contributed by atoms with Crippen LogP contribution in [0.5, 0.6) is 0 Å². The second-order valence-electron chi connectivity index (χ2n) is 4.15. The Balaban J connectivity index is 0.00000225. The average molecular weight is 244 g/mol. The van der Waals surface area contributed by atoms with Gasteiger partial charge in [-0.2, -0.15) is 0 Å². The van der Waals surface area contributed by atoms with Crippen LogP contribution >= 0.6 is 12.4 Å². The minimum Gasteiger partial charge on any atom is -0.480 e. The van der Waals surface area contributed by atoms with Crippen LogP contribution < -0.4 is 5.32 Å². The molecular weight excluding hydrogens is 226 g/mol. The molecule has 0 saturated carbocycles. The number of carboxylic acid groups (broad SMARTS) is 1. The second kappa shape index (κ2) is 5.87. The number of rotatable bonds is 4. The molecule has 0 aliphatic heterocycles. The van der Waals surface area contributed by atoms with E-state index in [1.54, 1.807) is 7.05 Å². The van der Waals surface area contributed by atoms with Crippen molar-refractivity contribution in [1.82, 2.24) is 5.32 Å². The van der Waals surface area contributed by atoms with Crippen LogP contribution in [0.4, 0.5) is 0 Å². The molecule has 0 unspecified atom stereocenters. The summed E-state index contributed by atoms with van der Waals surface area (Å²) in [7, 11) is 1.67. The molecule has 0 aliphatic carbocycles. The molecule has 16 heavy (non-hydrogen) atoms. The Morgan fingerprint density at radius 3 is 2.19 bits per heavy atom. The first kappa shape index (κ1) is 14.9. The summed E-state index contributed by atoms with van der Waals surface area (Å²) in [5, 5.41) is 11.9. The molecule has 0 fully saturated rings. The Hall–Kier alpha value is -1.06. The van der Waals surface area contributed by atoms with E-state index in [1.807, 2.05) is 44.2 Å². The van der Waals surface area contributed by atoms with Crippen LogP contribution in [0.2, 0.25) is 0 Å². The first-order chi connectivity index (χ1) is 7.00. The molecule has 0 saturated heterocycles. The van der Waals surface area contributed by atoms with E-state index in [4.69, 9.17) is 5.11 Å². The Morgan fingerprint density at radius 2 is 1.81 bits per heavy atom. The topological polar surface area (TPSA) is 49.3 Å². The lowest BCUT2D eigenvalue weighted by Crippen LogP contribution is -2.48. The van der Waals surface area contributed by atoms with Gasteiger partial charge in [0, 0.05) is 5.41 Å². The zero-order valence-corrected chi connectivity index (χ0v) is 10.5. The summed E-state index contributed by atoms with van der Waals surface area (Å²) in [6.45, 7) is 3.86. The van der Waals surface area contributed by atoms with Gasteiger partial charge in [0.1, 0.15) is 6.04 Å². The molecule has 0 heterocycles. The molecule has 1 rings (SSSR count). The fraction of sp³-hybridized carbons (Fsp3) is 0.417. The molecule has 0 aliphatic rings. The third kappa shape index (κ3) is 2.97. The number of carboxylic acids is 1. The minimum atomic E-state index is -0.827. The van der Waals surface area contributed by atoms with Crippen molar-refractivity contribution in [3.8, 4) is 0 Å². The van der Waals surface area contributed by atoms with E-state index in [0.717, 1.165) is 5.56 Å². The van der Waals surface area contributed by atoms with Crippen LogP contribution in [0.3, 0.4) is 0 Å². The van der Waals surface area contributed by atoms with Gasteiger partial charge in [0.15, 0.2) is 0 Å². The van der Waals surface area contributed by atoms with Gasteiger partial charge in [0.2, 0.25) is 0 Å². The van der Waals surface area contributed by atoms with Gasteiger partial charge in [-0.25, -0.2) is 0 Å². The van der Waals surface area contributed by atoms with Crippen LogP contribution in [-0.2, 0) is 10.2 Å². The molecule has 0 radical (unpaired) electrons. The van der Waals surface area contributed by atoms with Crippen LogP contribution in [0.15, 0.2) is 30.3 Å². The van der Waals surface area contributed by atoms with Gasteiger partial charge in [-0.15, -0.1) is 12.4 Å². The fourth-order valence-corrected chi connectivity index (χ4v) is 1.83. The lowest BCUT2D eigenvalue weighted by molar-refractivity contribution is -0.141. The number of hydrogen-bond acceptors (Lipinski definition) is 2.